The number of nitrogens with one attached hydrogen (secondary N) is 1. The molecule has 2 unspecified atom stereocenters. The molecule has 238 valence electrons. The molecule has 3 aromatic rings. The van der Waals surface area contributed by atoms with Gasteiger partial charge in [-0.2, -0.15) is 4.98 Å². The number of fused-ring (bicyclic) bond motifs is 4. The van der Waals surface area contributed by atoms with Crippen molar-refractivity contribution >= 4 is 16.0 Å². The second kappa shape index (κ2) is 12.1. The Morgan fingerprint density at radius 1 is 1.05 bits per heavy atom. The first-order valence-corrected chi connectivity index (χ1v) is 17.4. The van der Waals surface area contributed by atoms with E-state index in [0.717, 1.165) is 35.1 Å². The van der Waals surface area contributed by atoms with Crippen LogP contribution >= 0.6 is 0 Å². The van der Waals surface area contributed by atoms with Gasteiger partial charge < -0.3 is 9.64 Å². The van der Waals surface area contributed by atoms with E-state index < -0.39 is 10.0 Å². The summed E-state index contributed by atoms with van der Waals surface area (Å²) in [5.74, 6) is 0.963. The Bertz CT molecular complexity index is 1590. The molecule has 44 heavy (non-hydrogen) atoms. The fourth-order valence-corrected chi connectivity index (χ4v) is 8.81. The van der Waals surface area contributed by atoms with Crippen molar-refractivity contribution in [2.24, 2.45) is 22.7 Å². The Balaban J connectivity index is 1.60. The molecule has 1 N–H and O–H groups in total. The van der Waals surface area contributed by atoms with Crippen LogP contribution in [0.15, 0.2) is 53.4 Å². The van der Waals surface area contributed by atoms with Crippen LogP contribution in [0, 0.1) is 36.5 Å². The molecular formula is C36H50N4O3S. The van der Waals surface area contributed by atoms with Crippen molar-refractivity contribution in [3.63, 3.8) is 0 Å². The molecule has 1 fully saturated rings. The van der Waals surface area contributed by atoms with Crippen LogP contribution in [0.3, 0.4) is 0 Å². The summed E-state index contributed by atoms with van der Waals surface area (Å²) in [6, 6.07) is 16.1. The van der Waals surface area contributed by atoms with Crippen molar-refractivity contribution < 1.29 is 13.2 Å². The molecule has 1 aromatic heterocycles. The summed E-state index contributed by atoms with van der Waals surface area (Å²) in [4.78, 5) is 11.8. The van der Waals surface area contributed by atoms with E-state index >= 15 is 0 Å². The topological polar surface area (TPSA) is 84.4 Å². The predicted octanol–water partition coefficient (Wildman–Crippen LogP) is 7.85. The maximum absolute atomic E-state index is 13.8. The maximum atomic E-state index is 13.8. The van der Waals surface area contributed by atoms with Crippen molar-refractivity contribution in [3.8, 4) is 17.1 Å². The molecule has 1 aliphatic heterocycles. The molecule has 2 heterocycles. The molecule has 2 aromatic carbocycles. The number of aromatic nitrogens is 2. The van der Waals surface area contributed by atoms with Gasteiger partial charge in [0.2, 0.25) is 11.8 Å². The zero-order valence-corrected chi connectivity index (χ0v) is 28.8. The van der Waals surface area contributed by atoms with Crippen molar-refractivity contribution in [2.75, 3.05) is 25.4 Å². The molecule has 2 aliphatic rings. The van der Waals surface area contributed by atoms with E-state index in [1.807, 2.05) is 50.2 Å². The fourth-order valence-electron chi connectivity index (χ4n) is 7.81. The minimum Gasteiger partial charge on any atom is -0.477 e. The number of rotatable bonds is 6. The van der Waals surface area contributed by atoms with Gasteiger partial charge in [-0.05, 0) is 105 Å². The third kappa shape index (κ3) is 7.12. The summed E-state index contributed by atoms with van der Waals surface area (Å²) in [7, 11) is 0.387. The number of anilines is 1. The summed E-state index contributed by atoms with van der Waals surface area (Å²) in [6.07, 6.45) is 4.36. The van der Waals surface area contributed by atoms with Gasteiger partial charge >= 0.3 is 0 Å². The summed E-state index contributed by atoms with van der Waals surface area (Å²) in [6.45, 7) is 16.1. The van der Waals surface area contributed by atoms with Crippen LogP contribution < -0.4 is 9.46 Å². The lowest BCUT2D eigenvalue weighted by atomic mass is 9.59. The van der Waals surface area contributed by atoms with Crippen LogP contribution in [-0.2, 0) is 10.0 Å². The minimum absolute atomic E-state index is 0.0109. The number of nitrogens with zero attached hydrogens (tertiary/aromatic N) is 3. The van der Waals surface area contributed by atoms with Crippen molar-refractivity contribution in [2.45, 2.75) is 91.0 Å². The third-order valence-electron chi connectivity index (χ3n) is 9.66. The summed E-state index contributed by atoms with van der Waals surface area (Å²) >= 11 is 0. The summed E-state index contributed by atoms with van der Waals surface area (Å²) in [5, 5.41) is 0. The molecule has 8 heteroatoms. The lowest BCUT2D eigenvalue weighted by Crippen LogP contribution is -2.48. The molecule has 1 aliphatic carbocycles. The molecule has 0 radical (unpaired) electrons. The minimum atomic E-state index is -3.95. The van der Waals surface area contributed by atoms with Gasteiger partial charge in [0.15, 0.2) is 0 Å². The van der Waals surface area contributed by atoms with Gasteiger partial charge in [-0.3, -0.25) is 0 Å². The van der Waals surface area contributed by atoms with E-state index in [9.17, 15) is 8.42 Å². The lowest BCUT2D eigenvalue weighted by Gasteiger charge is -2.50. The second-order valence-corrected chi connectivity index (χ2v) is 16.9. The number of ether oxygens (including phenoxy) is 1. The van der Waals surface area contributed by atoms with Crippen molar-refractivity contribution in [1.29, 1.82) is 0 Å². The predicted molar refractivity (Wildman–Crippen MR) is 179 cm³/mol. The molecule has 7 nitrogen and oxygen atoms in total. The van der Waals surface area contributed by atoms with Crippen LogP contribution in [0.4, 0.5) is 5.95 Å². The molecule has 4 bridgehead atoms. The molecule has 5 rings (SSSR count). The number of sulfonamides is 1. The zero-order chi connectivity index (χ0) is 32.0. The lowest BCUT2D eigenvalue weighted by molar-refractivity contribution is 0.0126. The molecule has 0 spiro atoms. The van der Waals surface area contributed by atoms with Gasteiger partial charge in [-0.25, -0.2) is 18.1 Å². The average molecular weight is 619 g/mol. The quantitative estimate of drug-likeness (QED) is 0.303. The fraction of sp³-hybridized carbons (Fsp3) is 0.556. The molecule has 0 saturated heterocycles. The van der Waals surface area contributed by atoms with E-state index in [2.05, 4.69) is 74.4 Å². The van der Waals surface area contributed by atoms with E-state index in [1.54, 1.807) is 6.07 Å². The third-order valence-corrected chi connectivity index (χ3v) is 11.0. The largest absolute Gasteiger partial charge is 0.477 e. The highest BCUT2D eigenvalue weighted by molar-refractivity contribution is 7.92. The van der Waals surface area contributed by atoms with Crippen molar-refractivity contribution in [3.05, 3.63) is 65.2 Å². The van der Waals surface area contributed by atoms with Gasteiger partial charge in [-0.1, -0.05) is 65.0 Å². The normalized spacial score (nSPS) is 25.5. The van der Waals surface area contributed by atoms with Gasteiger partial charge in [0.1, 0.15) is 0 Å². The van der Waals surface area contributed by atoms with Gasteiger partial charge in [-0.15, -0.1) is 0 Å². The highest BCUT2D eigenvalue weighted by atomic mass is 32.2. The van der Waals surface area contributed by atoms with Crippen LogP contribution in [-0.4, -0.2) is 50.0 Å². The monoisotopic (exact) mass is 618 g/mol. The molecule has 3 atom stereocenters. The average Bonchev–Trinajstić information content (AvgIpc) is 2.89. The van der Waals surface area contributed by atoms with Crippen molar-refractivity contribution in [1.82, 2.24) is 14.9 Å². The highest BCUT2D eigenvalue weighted by Gasteiger charge is 2.44. The van der Waals surface area contributed by atoms with Gasteiger partial charge in [0.05, 0.1) is 17.2 Å². The zero-order valence-electron chi connectivity index (χ0n) is 27.9. The smallest absolute Gasteiger partial charge is 0.264 e. The second-order valence-electron chi connectivity index (χ2n) is 15.2. The number of hydrogen-bond donors (Lipinski definition) is 1. The van der Waals surface area contributed by atoms with E-state index in [0.29, 0.717) is 30.1 Å². The van der Waals surface area contributed by atoms with Crippen LogP contribution in [0.1, 0.15) is 82.9 Å². The summed E-state index contributed by atoms with van der Waals surface area (Å²) in [5.41, 5.74) is 5.06. The maximum Gasteiger partial charge on any atom is 0.264 e. The van der Waals surface area contributed by atoms with E-state index in [-0.39, 0.29) is 33.5 Å². The SMILES string of the molecule is Cc1cccc(C)c1-c1cc2nc(n1)NS(=O)(=O)c1cccc(c1)C(C(C)CC1(C)CC(N(C)C)C1)[C@H](CC(C)(C)C)CO2. The number of aryl methyl sites for hydroxylation is 2. The Morgan fingerprint density at radius 3 is 2.34 bits per heavy atom. The van der Waals surface area contributed by atoms with E-state index in [1.165, 1.54) is 12.8 Å². The Labute approximate surface area is 264 Å². The van der Waals surface area contributed by atoms with Crippen LogP contribution in [0.2, 0.25) is 0 Å². The van der Waals surface area contributed by atoms with Gasteiger partial charge in [0.25, 0.3) is 10.0 Å². The number of benzene rings is 2. The van der Waals surface area contributed by atoms with Crippen LogP contribution in [0.25, 0.3) is 11.3 Å². The molecule has 1 saturated carbocycles. The Morgan fingerprint density at radius 2 is 1.70 bits per heavy atom. The van der Waals surface area contributed by atoms with Gasteiger partial charge in [0, 0.05) is 23.6 Å². The molecule has 0 amide bonds. The van der Waals surface area contributed by atoms with Crippen LogP contribution in [0.5, 0.6) is 5.88 Å². The molecular weight excluding hydrogens is 568 g/mol. The first-order chi connectivity index (χ1) is 20.5. The highest BCUT2D eigenvalue weighted by Crippen LogP contribution is 2.51. The first-order valence-electron chi connectivity index (χ1n) is 15.9. The van der Waals surface area contributed by atoms with E-state index in [4.69, 9.17) is 4.74 Å². The summed E-state index contributed by atoms with van der Waals surface area (Å²) < 4.78 is 36.8. The first kappa shape index (κ1) is 32.4. The Hall–Kier alpha value is -2.97. The standard InChI is InChI=1S/C36H50N4O3S/c1-23-12-10-13-24(2)32(23)30-17-31-38-34(37-30)39-44(41,42)29-15-11-14-26(16-29)33(27(22-43-31)19-35(4,5)6)25(3)18-36(7)20-28(21-36)40(8)9/h10-17,25,27-28,33H,18-22H2,1-9H3,(H,37,38,39)/t25?,27-,28?,33?,36?/m1/s1. The Kier molecular flexibility index (Phi) is 8.91. The number of hydrogen-bond acceptors (Lipinski definition) is 6.